The lowest BCUT2D eigenvalue weighted by molar-refractivity contribution is 0.380. The molecular formula is C12H22N2O3S2. The number of sulfonamides is 1. The number of hydrogen-bond donors (Lipinski definition) is 1. The molecule has 0 aliphatic rings. The van der Waals surface area contributed by atoms with Gasteiger partial charge in [0, 0.05) is 20.1 Å². The first-order valence-electron chi connectivity index (χ1n) is 6.11. The topological polar surface area (TPSA) is 62.6 Å². The van der Waals surface area contributed by atoms with E-state index in [0.717, 1.165) is 16.5 Å². The molecule has 0 saturated carbocycles. The Kier molecular flexibility index (Phi) is 6.38. The van der Waals surface area contributed by atoms with E-state index in [1.54, 1.807) is 6.07 Å². The Labute approximate surface area is 119 Å². The molecule has 1 heterocycles. The Hall–Kier alpha value is -0.500. The number of furan rings is 1. The van der Waals surface area contributed by atoms with Crippen LogP contribution in [-0.2, 0) is 16.6 Å². The van der Waals surface area contributed by atoms with Crippen LogP contribution < -0.4 is 5.32 Å². The van der Waals surface area contributed by atoms with Crippen LogP contribution in [0.15, 0.2) is 21.6 Å². The van der Waals surface area contributed by atoms with Gasteiger partial charge in [-0.15, -0.1) is 0 Å². The van der Waals surface area contributed by atoms with Gasteiger partial charge in [0.15, 0.2) is 0 Å². The minimum atomic E-state index is -3.47. The third kappa shape index (κ3) is 4.83. The lowest BCUT2D eigenvalue weighted by atomic mass is 10.2. The van der Waals surface area contributed by atoms with Gasteiger partial charge in [0.25, 0.3) is 10.0 Å². The van der Waals surface area contributed by atoms with Crippen molar-refractivity contribution in [2.45, 2.75) is 31.0 Å². The SMILES string of the molecule is CSCCC(C)NCc1ccc(S(=O)(=O)N(C)C)o1. The summed E-state index contributed by atoms with van der Waals surface area (Å²) in [4.78, 5) is 0. The largest absolute Gasteiger partial charge is 0.447 e. The number of thioether (sulfide) groups is 1. The molecule has 1 aromatic rings. The molecule has 5 nitrogen and oxygen atoms in total. The molecule has 1 aromatic heterocycles. The van der Waals surface area contributed by atoms with E-state index in [-0.39, 0.29) is 5.09 Å². The van der Waals surface area contributed by atoms with Gasteiger partial charge in [0.2, 0.25) is 5.09 Å². The maximum Gasteiger partial charge on any atom is 0.275 e. The van der Waals surface area contributed by atoms with E-state index in [4.69, 9.17) is 4.42 Å². The van der Waals surface area contributed by atoms with E-state index in [9.17, 15) is 8.42 Å². The highest BCUT2D eigenvalue weighted by atomic mass is 32.2. The molecule has 1 atom stereocenters. The van der Waals surface area contributed by atoms with Gasteiger partial charge in [-0.05, 0) is 37.5 Å². The predicted molar refractivity (Wildman–Crippen MR) is 78.9 cm³/mol. The molecule has 0 aromatic carbocycles. The van der Waals surface area contributed by atoms with Crippen LogP contribution >= 0.6 is 11.8 Å². The fourth-order valence-corrected chi connectivity index (χ4v) is 2.84. The number of nitrogens with one attached hydrogen (secondary N) is 1. The fourth-order valence-electron chi connectivity index (χ4n) is 1.44. The zero-order valence-corrected chi connectivity index (χ0v) is 13.5. The van der Waals surface area contributed by atoms with Crippen molar-refractivity contribution >= 4 is 21.8 Å². The normalized spacial score (nSPS) is 13.9. The van der Waals surface area contributed by atoms with E-state index in [1.807, 2.05) is 11.8 Å². The van der Waals surface area contributed by atoms with Gasteiger partial charge < -0.3 is 9.73 Å². The van der Waals surface area contributed by atoms with Crippen LogP contribution in [0.25, 0.3) is 0 Å². The maximum absolute atomic E-state index is 11.8. The van der Waals surface area contributed by atoms with Gasteiger partial charge in [0.05, 0.1) is 6.54 Å². The van der Waals surface area contributed by atoms with Crippen LogP contribution in [0.1, 0.15) is 19.1 Å². The van der Waals surface area contributed by atoms with Crippen molar-refractivity contribution in [1.82, 2.24) is 9.62 Å². The number of hydrogen-bond acceptors (Lipinski definition) is 5. The van der Waals surface area contributed by atoms with Crippen LogP contribution in [0.4, 0.5) is 0 Å². The lowest BCUT2D eigenvalue weighted by Gasteiger charge is -2.11. The quantitative estimate of drug-likeness (QED) is 0.793. The molecule has 1 unspecified atom stereocenters. The van der Waals surface area contributed by atoms with E-state index in [0.29, 0.717) is 18.3 Å². The highest BCUT2D eigenvalue weighted by Gasteiger charge is 2.21. The molecule has 0 spiro atoms. The molecule has 0 aliphatic heterocycles. The van der Waals surface area contributed by atoms with Crippen molar-refractivity contribution < 1.29 is 12.8 Å². The van der Waals surface area contributed by atoms with Crippen molar-refractivity contribution in [3.05, 3.63) is 17.9 Å². The van der Waals surface area contributed by atoms with Crippen molar-refractivity contribution in [1.29, 1.82) is 0 Å². The van der Waals surface area contributed by atoms with Gasteiger partial charge in [-0.25, -0.2) is 12.7 Å². The third-order valence-corrected chi connectivity index (χ3v) is 5.08. The Bertz CT molecular complexity index is 483. The maximum atomic E-state index is 11.8. The third-order valence-electron chi connectivity index (χ3n) is 2.75. The Balaban J connectivity index is 2.57. The second-order valence-electron chi connectivity index (χ2n) is 4.57. The zero-order valence-electron chi connectivity index (χ0n) is 11.8. The summed E-state index contributed by atoms with van der Waals surface area (Å²) in [7, 11) is -0.500. The molecule has 1 N–H and O–H groups in total. The van der Waals surface area contributed by atoms with Crippen LogP contribution in [0.3, 0.4) is 0 Å². The molecule has 110 valence electrons. The summed E-state index contributed by atoms with van der Waals surface area (Å²) in [5.74, 6) is 1.74. The molecular weight excluding hydrogens is 284 g/mol. The highest BCUT2D eigenvalue weighted by molar-refractivity contribution is 7.98. The summed E-state index contributed by atoms with van der Waals surface area (Å²) >= 11 is 1.81. The summed E-state index contributed by atoms with van der Waals surface area (Å²) in [5, 5.41) is 3.30. The first-order valence-corrected chi connectivity index (χ1v) is 8.95. The predicted octanol–water partition coefficient (Wildman–Crippen LogP) is 1.76. The van der Waals surface area contributed by atoms with Crippen molar-refractivity contribution in [3.8, 4) is 0 Å². The lowest BCUT2D eigenvalue weighted by Crippen LogP contribution is -2.25. The van der Waals surface area contributed by atoms with E-state index < -0.39 is 10.0 Å². The second kappa shape index (κ2) is 7.33. The summed E-state index contributed by atoms with van der Waals surface area (Å²) in [6.07, 6.45) is 3.16. The molecule has 0 saturated heterocycles. The smallest absolute Gasteiger partial charge is 0.275 e. The van der Waals surface area contributed by atoms with Crippen molar-refractivity contribution in [3.63, 3.8) is 0 Å². The van der Waals surface area contributed by atoms with E-state index in [1.165, 1.54) is 20.2 Å². The Morgan fingerprint density at radius 1 is 1.42 bits per heavy atom. The van der Waals surface area contributed by atoms with Gasteiger partial charge in [-0.1, -0.05) is 0 Å². The van der Waals surface area contributed by atoms with Crippen LogP contribution in [0, 0.1) is 0 Å². The van der Waals surface area contributed by atoms with Gasteiger partial charge in [-0.2, -0.15) is 11.8 Å². The average molecular weight is 306 g/mol. The fraction of sp³-hybridized carbons (Fsp3) is 0.667. The molecule has 7 heteroatoms. The van der Waals surface area contributed by atoms with Crippen LogP contribution in [-0.4, -0.2) is 44.9 Å². The standard InChI is InChI=1S/C12H22N2O3S2/c1-10(7-8-18-4)13-9-11-5-6-12(17-11)19(15,16)14(2)3/h5-6,10,13H,7-9H2,1-4H3. The number of rotatable bonds is 8. The van der Waals surface area contributed by atoms with Crippen molar-refractivity contribution in [2.24, 2.45) is 0 Å². The van der Waals surface area contributed by atoms with Crippen LogP contribution in [0.5, 0.6) is 0 Å². The van der Waals surface area contributed by atoms with E-state index in [2.05, 4.69) is 18.5 Å². The summed E-state index contributed by atoms with van der Waals surface area (Å²) in [6, 6.07) is 3.58. The molecule has 0 fully saturated rings. The summed E-state index contributed by atoms with van der Waals surface area (Å²) in [6.45, 7) is 2.65. The Morgan fingerprint density at radius 3 is 2.68 bits per heavy atom. The monoisotopic (exact) mass is 306 g/mol. The Morgan fingerprint density at radius 2 is 2.11 bits per heavy atom. The highest BCUT2D eigenvalue weighted by Crippen LogP contribution is 2.16. The molecule has 0 amide bonds. The molecule has 1 rings (SSSR count). The summed E-state index contributed by atoms with van der Waals surface area (Å²) in [5.41, 5.74) is 0. The summed E-state index contributed by atoms with van der Waals surface area (Å²) < 4.78 is 30.2. The van der Waals surface area contributed by atoms with Crippen molar-refractivity contribution in [2.75, 3.05) is 26.1 Å². The molecule has 0 radical (unpaired) electrons. The zero-order chi connectivity index (χ0) is 14.5. The minimum Gasteiger partial charge on any atom is -0.447 e. The van der Waals surface area contributed by atoms with Crippen LogP contribution in [0.2, 0.25) is 0 Å². The second-order valence-corrected chi connectivity index (χ2v) is 7.64. The minimum absolute atomic E-state index is 0.00827. The van der Waals surface area contributed by atoms with Gasteiger partial charge in [-0.3, -0.25) is 0 Å². The van der Waals surface area contributed by atoms with E-state index >= 15 is 0 Å². The molecule has 0 bridgehead atoms. The van der Waals surface area contributed by atoms with Gasteiger partial charge >= 0.3 is 0 Å². The van der Waals surface area contributed by atoms with Gasteiger partial charge in [0.1, 0.15) is 5.76 Å². The molecule has 19 heavy (non-hydrogen) atoms. The first-order chi connectivity index (χ1) is 8.87. The average Bonchev–Trinajstić information content (AvgIpc) is 2.83. The molecule has 0 aliphatic carbocycles. The first kappa shape index (κ1) is 16.6. The number of nitrogens with zero attached hydrogens (tertiary/aromatic N) is 1.